The van der Waals surface area contributed by atoms with Crippen molar-refractivity contribution < 1.29 is 19.4 Å². The molecule has 1 fully saturated rings. The Hall–Kier alpha value is -3.12. The van der Waals surface area contributed by atoms with Crippen LogP contribution in [0.1, 0.15) is 38.3 Å². The predicted octanol–water partition coefficient (Wildman–Crippen LogP) is 5.70. The van der Waals surface area contributed by atoms with Crippen molar-refractivity contribution in [3.05, 3.63) is 60.3 Å². The summed E-state index contributed by atoms with van der Waals surface area (Å²) in [7, 11) is 1.68. The maximum absolute atomic E-state index is 10.7. The first kappa shape index (κ1) is 24.0. The second-order valence-corrected chi connectivity index (χ2v) is 9.10. The fourth-order valence-corrected chi connectivity index (χ4v) is 5.00. The van der Waals surface area contributed by atoms with Crippen molar-refractivity contribution in [2.45, 2.75) is 45.6 Å². The Kier molecular flexibility index (Phi) is 8.01. The maximum atomic E-state index is 10.7. The van der Waals surface area contributed by atoms with Gasteiger partial charge < -0.3 is 14.6 Å². The average Bonchev–Trinajstić information content (AvgIpc) is 3.23. The lowest BCUT2D eigenvalue weighted by molar-refractivity contribution is -0.142. The van der Waals surface area contributed by atoms with Crippen molar-refractivity contribution in [2.75, 3.05) is 20.3 Å². The van der Waals surface area contributed by atoms with Gasteiger partial charge >= 0.3 is 5.97 Å². The van der Waals surface area contributed by atoms with Gasteiger partial charge in [-0.2, -0.15) is 5.10 Å². The van der Waals surface area contributed by atoms with Gasteiger partial charge in [-0.15, -0.1) is 0 Å². The van der Waals surface area contributed by atoms with E-state index < -0.39 is 5.97 Å². The van der Waals surface area contributed by atoms with Crippen LogP contribution in [0, 0.1) is 11.8 Å². The molecule has 1 aliphatic carbocycles. The third-order valence-corrected chi connectivity index (χ3v) is 6.80. The molecule has 3 aromatic rings. The zero-order chi connectivity index (χ0) is 23.9. The number of methoxy groups -OCH3 is 1. The van der Waals surface area contributed by atoms with Crippen LogP contribution < -0.4 is 4.74 Å². The van der Waals surface area contributed by atoms with E-state index >= 15 is 0 Å². The molecule has 0 amide bonds. The molecule has 180 valence electrons. The van der Waals surface area contributed by atoms with E-state index in [0.29, 0.717) is 18.4 Å². The van der Waals surface area contributed by atoms with E-state index in [-0.39, 0.29) is 6.61 Å². The Labute approximate surface area is 201 Å². The largest absolute Gasteiger partial charge is 0.497 e. The normalized spacial score (nSPS) is 18.1. The molecule has 0 bridgehead atoms. The Bertz CT molecular complexity index is 1070. The molecule has 2 aromatic carbocycles. The van der Waals surface area contributed by atoms with Crippen LogP contribution in [0.4, 0.5) is 0 Å². The Morgan fingerprint density at radius 2 is 1.68 bits per heavy atom. The van der Waals surface area contributed by atoms with E-state index in [1.807, 2.05) is 18.2 Å². The Morgan fingerprint density at radius 1 is 1.00 bits per heavy atom. The lowest BCUT2D eigenvalue weighted by atomic mass is 9.82. The van der Waals surface area contributed by atoms with E-state index in [9.17, 15) is 4.79 Å². The van der Waals surface area contributed by atoms with Gasteiger partial charge in [0, 0.05) is 23.4 Å². The molecule has 0 saturated heterocycles. The van der Waals surface area contributed by atoms with Crippen molar-refractivity contribution in [3.8, 4) is 28.1 Å². The first-order chi connectivity index (χ1) is 16.6. The summed E-state index contributed by atoms with van der Waals surface area (Å²) < 4.78 is 12.9. The number of ether oxygens (including phenoxy) is 2. The number of hydrogen-bond acceptors (Lipinski definition) is 4. The fourth-order valence-electron chi connectivity index (χ4n) is 5.00. The number of carboxylic acid groups (broad SMARTS) is 1. The minimum Gasteiger partial charge on any atom is -0.497 e. The third-order valence-electron chi connectivity index (χ3n) is 6.80. The smallest absolute Gasteiger partial charge is 0.329 e. The molecule has 4 rings (SSSR count). The van der Waals surface area contributed by atoms with Crippen LogP contribution in [0.25, 0.3) is 22.4 Å². The van der Waals surface area contributed by atoms with Gasteiger partial charge in [0.25, 0.3) is 0 Å². The van der Waals surface area contributed by atoms with Gasteiger partial charge in [-0.3, -0.25) is 4.68 Å². The number of rotatable bonds is 10. The lowest BCUT2D eigenvalue weighted by Gasteiger charge is -2.28. The average molecular weight is 463 g/mol. The third kappa shape index (κ3) is 5.68. The highest BCUT2D eigenvalue weighted by molar-refractivity contribution is 5.83. The highest BCUT2D eigenvalue weighted by atomic mass is 16.5. The fraction of sp³-hybridized carbons (Fsp3) is 0.429. The minimum atomic E-state index is -0.902. The zero-order valence-corrected chi connectivity index (χ0v) is 20.1. The highest BCUT2D eigenvalue weighted by Gasteiger charge is 2.25. The van der Waals surface area contributed by atoms with Gasteiger partial charge in [0.2, 0.25) is 0 Å². The number of aromatic nitrogens is 2. The van der Waals surface area contributed by atoms with Crippen LogP contribution in [0.15, 0.2) is 54.6 Å². The van der Waals surface area contributed by atoms with Crippen LogP contribution >= 0.6 is 0 Å². The van der Waals surface area contributed by atoms with Gasteiger partial charge in [0.1, 0.15) is 18.1 Å². The molecule has 0 unspecified atom stereocenters. The van der Waals surface area contributed by atoms with Crippen LogP contribution in [0.5, 0.6) is 5.75 Å². The molecular formula is C28H34N2O4. The molecule has 1 N–H and O–H groups in total. The summed E-state index contributed by atoms with van der Waals surface area (Å²) >= 11 is 0. The van der Waals surface area contributed by atoms with E-state index in [4.69, 9.17) is 19.7 Å². The number of benzene rings is 2. The van der Waals surface area contributed by atoms with E-state index in [1.54, 1.807) is 7.11 Å². The van der Waals surface area contributed by atoms with Crippen LogP contribution in [0.3, 0.4) is 0 Å². The molecule has 1 heterocycles. The first-order valence-corrected chi connectivity index (χ1v) is 12.2. The van der Waals surface area contributed by atoms with Gasteiger partial charge in [0.05, 0.1) is 13.7 Å². The van der Waals surface area contributed by atoms with Crippen molar-refractivity contribution in [1.29, 1.82) is 0 Å². The second kappa shape index (κ2) is 11.3. The quantitative estimate of drug-likeness (QED) is 0.419. The Morgan fingerprint density at radius 3 is 2.29 bits per heavy atom. The molecule has 1 aliphatic rings. The monoisotopic (exact) mass is 462 g/mol. The van der Waals surface area contributed by atoms with E-state index in [1.165, 1.54) is 16.8 Å². The molecule has 6 heteroatoms. The number of aliphatic carboxylic acids is 1. The molecule has 0 aliphatic heterocycles. The molecule has 0 atom stereocenters. The summed E-state index contributed by atoms with van der Waals surface area (Å²) in [6, 6.07) is 18.7. The summed E-state index contributed by atoms with van der Waals surface area (Å²) in [5.74, 6) is 0.951. The van der Waals surface area contributed by atoms with E-state index in [2.05, 4.69) is 48.0 Å². The van der Waals surface area contributed by atoms with Crippen molar-refractivity contribution in [2.24, 2.45) is 11.8 Å². The SMILES string of the molecule is CCc1c(-c2ccccc2)c(-c2ccc(OC)cc2)nn1C[C@H]1CC[C@H](COCC(=O)O)CC1. The van der Waals surface area contributed by atoms with E-state index in [0.717, 1.165) is 55.7 Å². The maximum Gasteiger partial charge on any atom is 0.329 e. The molecule has 34 heavy (non-hydrogen) atoms. The summed E-state index contributed by atoms with van der Waals surface area (Å²) in [4.78, 5) is 10.7. The second-order valence-electron chi connectivity index (χ2n) is 9.10. The summed E-state index contributed by atoms with van der Waals surface area (Å²) in [5, 5.41) is 13.9. The van der Waals surface area contributed by atoms with Crippen LogP contribution in [-0.4, -0.2) is 41.2 Å². The Balaban J connectivity index is 1.56. The summed E-state index contributed by atoms with van der Waals surface area (Å²) in [6.07, 6.45) is 5.28. The molecule has 6 nitrogen and oxygen atoms in total. The molecular weight excluding hydrogens is 428 g/mol. The number of nitrogens with zero attached hydrogens (tertiary/aromatic N) is 2. The van der Waals surface area contributed by atoms with Gasteiger partial charge in [0.15, 0.2) is 0 Å². The highest BCUT2D eigenvalue weighted by Crippen LogP contribution is 2.37. The summed E-state index contributed by atoms with van der Waals surface area (Å²) in [5.41, 5.74) is 5.78. The first-order valence-electron chi connectivity index (χ1n) is 12.2. The number of hydrogen-bond donors (Lipinski definition) is 1. The minimum absolute atomic E-state index is 0.205. The zero-order valence-electron chi connectivity index (χ0n) is 20.1. The van der Waals surface area contributed by atoms with Crippen molar-refractivity contribution >= 4 is 5.97 Å². The molecule has 1 saturated carbocycles. The molecule has 0 radical (unpaired) electrons. The molecule has 1 aromatic heterocycles. The number of carboxylic acids is 1. The standard InChI is InChI=1S/C28H34N2O4/c1-3-25-27(22-7-5-4-6-8-22)28(23-13-15-24(33-2)16-14-23)29-30(25)17-20-9-11-21(12-10-20)18-34-19-26(31)32/h4-8,13-16,20-21H,3,9-12,17-19H2,1-2H3,(H,31,32)/t20-,21-. The van der Waals surface area contributed by atoms with Gasteiger partial charge in [-0.25, -0.2) is 4.79 Å². The lowest BCUT2D eigenvalue weighted by Crippen LogP contribution is -2.23. The van der Waals surface area contributed by atoms with Gasteiger partial charge in [-0.05, 0) is 73.8 Å². The van der Waals surface area contributed by atoms with Crippen LogP contribution in [0.2, 0.25) is 0 Å². The van der Waals surface area contributed by atoms with Gasteiger partial charge in [-0.1, -0.05) is 37.3 Å². The topological polar surface area (TPSA) is 73.6 Å². The number of carbonyl (C=O) groups is 1. The van der Waals surface area contributed by atoms with Crippen molar-refractivity contribution in [1.82, 2.24) is 9.78 Å². The predicted molar refractivity (Wildman–Crippen MR) is 133 cm³/mol. The van der Waals surface area contributed by atoms with Crippen LogP contribution in [-0.2, 0) is 22.5 Å². The summed E-state index contributed by atoms with van der Waals surface area (Å²) in [6.45, 7) is 3.44. The van der Waals surface area contributed by atoms with Crippen molar-refractivity contribution in [3.63, 3.8) is 0 Å². The molecule has 0 spiro atoms.